The third-order valence-electron chi connectivity index (χ3n) is 2.91. The van der Waals surface area contributed by atoms with Gasteiger partial charge in [0.25, 0.3) is 5.91 Å². The summed E-state index contributed by atoms with van der Waals surface area (Å²) < 4.78 is 15.9. The van der Waals surface area contributed by atoms with Crippen molar-refractivity contribution in [1.82, 2.24) is 10.6 Å². The number of methoxy groups -OCH3 is 2. The Balaban J connectivity index is 2.57. The zero-order valence-corrected chi connectivity index (χ0v) is 14.7. The summed E-state index contributed by atoms with van der Waals surface area (Å²) in [5, 5.41) is 6.12. The second kappa shape index (κ2) is 9.37. The van der Waals surface area contributed by atoms with E-state index in [0.717, 1.165) is 12.1 Å². The lowest BCUT2D eigenvalue weighted by Crippen LogP contribution is -2.43. The molecule has 2 N–H and O–H groups in total. The first-order valence-corrected chi connectivity index (χ1v) is 7.66. The molecule has 6 nitrogen and oxygen atoms in total. The van der Waals surface area contributed by atoms with Crippen LogP contribution in [0, 0.1) is 0 Å². The molecule has 0 bridgehead atoms. The van der Waals surface area contributed by atoms with Crippen LogP contribution in [-0.4, -0.2) is 45.4 Å². The van der Waals surface area contributed by atoms with Crippen molar-refractivity contribution in [2.24, 2.45) is 0 Å². The number of nitrogens with one attached hydrogen (secondary N) is 2. The smallest absolute Gasteiger partial charge is 0.258 e. The van der Waals surface area contributed by atoms with E-state index in [1.165, 1.54) is 0 Å². The van der Waals surface area contributed by atoms with Crippen molar-refractivity contribution < 1.29 is 19.0 Å². The topological polar surface area (TPSA) is 68.8 Å². The van der Waals surface area contributed by atoms with E-state index < -0.39 is 0 Å². The standard InChI is InChI=1S/C17H28N2O4/c1-17(2,3)19-16(20)12-23-14-7-6-13(10-15(14)22-5)11-18-8-9-21-4/h6-7,10,18H,8-9,11-12H2,1-5H3,(H,19,20). The van der Waals surface area contributed by atoms with Crippen molar-refractivity contribution in [3.05, 3.63) is 23.8 Å². The van der Waals surface area contributed by atoms with Gasteiger partial charge in [0.05, 0.1) is 13.7 Å². The number of ether oxygens (including phenoxy) is 3. The molecule has 0 aliphatic heterocycles. The van der Waals surface area contributed by atoms with Gasteiger partial charge >= 0.3 is 0 Å². The van der Waals surface area contributed by atoms with Gasteiger partial charge in [-0.25, -0.2) is 0 Å². The zero-order valence-electron chi connectivity index (χ0n) is 14.7. The summed E-state index contributed by atoms with van der Waals surface area (Å²) in [6, 6.07) is 5.66. The minimum Gasteiger partial charge on any atom is -0.493 e. The largest absolute Gasteiger partial charge is 0.493 e. The molecule has 130 valence electrons. The molecule has 0 aliphatic rings. The number of carbonyl (C=O) groups is 1. The van der Waals surface area contributed by atoms with Gasteiger partial charge in [-0.2, -0.15) is 0 Å². The second-order valence-electron chi connectivity index (χ2n) is 6.24. The van der Waals surface area contributed by atoms with Crippen LogP contribution in [0.25, 0.3) is 0 Å². The van der Waals surface area contributed by atoms with Crippen molar-refractivity contribution in [3.8, 4) is 11.5 Å². The first-order chi connectivity index (χ1) is 10.9. The first-order valence-electron chi connectivity index (χ1n) is 7.66. The fraction of sp³-hybridized carbons (Fsp3) is 0.588. The molecule has 0 spiro atoms. The highest BCUT2D eigenvalue weighted by atomic mass is 16.5. The minimum absolute atomic E-state index is 0.0426. The van der Waals surface area contributed by atoms with Gasteiger partial charge in [0.1, 0.15) is 0 Å². The molecule has 1 aromatic carbocycles. The number of hydrogen-bond acceptors (Lipinski definition) is 5. The van der Waals surface area contributed by atoms with Crippen molar-refractivity contribution in [1.29, 1.82) is 0 Å². The summed E-state index contributed by atoms with van der Waals surface area (Å²) in [6.07, 6.45) is 0. The van der Waals surface area contributed by atoms with Gasteiger partial charge in [0.2, 0.25) is 0 Å². The number of rotatable bonds is 9. The number of carbonyl (C=O) groups excluding carboxylic acids is 1. The van der Waals surface area contributed by atoms with Gasteiger partial charge in [-0.05, 0) is 38.5 Å². The predicted molar refractivity (Wildman–Crippen MR) is 90.0 cm³/mol. The number of benzene rings is 1. The molecule has 6 heteroatoms. The molecule has 1 rings (SSSR count). The summed E-state index contributed by atoms with van der Waals surface area (Å²) in [5.74, 6) is 1.00. The molecule has 0 fully saturated rings. The van der Waals surface area contributed by atoms with Crippen molar-refractivity contribution in [2.45, 2.75) is 32.9 Å². The van der Waals surface area contributed by atoms with Crippen LogP contribution in [0.1, 0.15) is 26.3 Å². The van der Waals surface area contributed by atoms with Gasteiger partial charge in [0.15, 0.2) is 18.1 Å². The maximum absolute atomic E-state index is 11.8. The Labute approximate surface area is 138 Å². The molecule has 23 heavy (non-hydrogen) atoms. The Morgan fingerprint density at radius 1 is 1.17 bits per heavy atom. The molecule has 0 saturated carbocycles. The molecule has 0 aliphatic carbocycles. The lowest BCUT2D eigenvalue weighted by molar-refractivity contribution is -0.124. The fourth-order valence-electron chi connectivity index (χ4n) is 1.95. The van der Waals surface area contributed by atoms with Crippen LogP contribution in [0.5, 0.6) is 11.5 Å². The van der Waals surface area contributed by atoms with Gasteiger partial charge in [0, 0.05) is 25.7 Å². The predicted octanol–water partition coefficient (Wildman–Crippen LogP) is 1.72. The van der Waals surface area contributed by atoms with E-state index in [9.17, 15) is 4.79 Å². The molecule has 0 aromatic heterocycles. The van der Waals surface area contributed by atoms with Crippen LogP contribution < -0.4 is 20.1 Å². The van der Waals surface area contributed by atoms with E-state index in [1.807, 2.05) is 39.0 Å². The summed E-state index contributed by atoms with van der Waals surface area (Å²) in [7, 11) is 3.26. The number of amides is 1. The van der Waals surface area contributed by atoms with Crippen molar-refractivity contribution >= 4 is 5.91 Å². The normalized spacial score (nSPS) is 11.2. The van der Waals surface area contributed by atoms with E-state index in [2.05, 4.69) is 10.6 Å². The monoisotopic (exact) mass is 324 g/mol. The van der Waals surface area contributed by atoms with Crippen molar-refractivity contribution in [2.75, 3.05) is 34.0 Å². The van der Waals surface area contributed by atoms with Gasteiger partial charge in [-0.3, -0.25) is 4.79 Å². The molecule has 0 heterocycles. The maximum Gasteiger partial charge on any atom is 0.258 e. The average Bonchev–Trinajstić information content (AvgIpc) is 2.48. The Morgan fingerprint density at radius 3 is 2.52 bits per heavy atom. The van der Waals surface area contributed by atoms with Gasteiger partial charge in [-0.15, -0.1) is 0 Å². The molecular formula is C17H28N2O4. The van der Waals surface area contributed by atoms with Crippen LogP contribution in [0.2, 0.25) is 0 Å². The molecule has 1 aromatic rings. The molecule has 0 unspecified atom stereocenters. The van der Waals surface area contributed by atoms with E-state index in [1.54, 1.807) is 14.2 Å². The van der Waals surface area contributed by atoms with Crippen LogP contribution in [-0.2, 0) is 16.1 Å². The summed E-state index contributed by atoms with van der Waals surface area (Å²) in [5.41, 5.74) is 0.798. The Kier molecular flexibility index (Phi) is 7.85. The highest BCUT2D eigenvalue weighted by molar-refractivity contribution is 5.78. The fourth-order valence-corrected chi connectivity index (χ4v) is 1.95. The third-order valence-corrected chi connectivity index (χ3v) is 2.91. The van der Waals surface area contributed by atoms with Crippen LogP contribution >= 0.6 is 0 Å². The highest BCUT2D eigenvalue weighted by Crippen LogP contribution is 2.28. The first kappa shape index (κ1) is 19.3. The zero-order chi connectivity index (χ0) is 17.3. The Hall–Kier alpha value is -1.79. The second-order valence-corrected chi connectivity index (χ2v) is 6.24. The molecule has 1 amide bonds. The third kappa shape index (κ3) is 7.85. The van der Waals surface area contributed by atoms with E-state index in [-0.39, 0.29) is 18.1 Å². The quantitative estimate of drug-likeness (QED) is 0.677. The summed E-state index contributed by atoms with van der Waals surface area (Å²) in [6.45, 7) is 7.90. The summed E-state index contributed by atoms with van der Waals surface area (Å²) >= 11 is 0. The van der Waals surface area contributed by atoms with Gasteiger partial charge in [-0.1, -0.05) is 6.07 Å². The van der Waals surface area contributed by atoms with Crippen LogP contribution in [0.3, 0.4) is 0 Å². The molecular weight excluding hydrogens is 296 g/mol. The summed E-state index contributed by atoms with van der Waals surface area (Å²) in [4.78, 5) is 11.8. The van der Waals surface area contributed by atoms with Crippen LogP contribution in [0.15, 0.2) is 18.2 Å². The Morgan fingerprint density at radius 2 is 1.91 bits per heavy atom. The van der Waals surface area contributed by atoms with Crippen LogP contribution in [0.4, 0.5) is 0 Å². The molecule has 0 saturated heterocycles. The van der Waals surface area contributed by atoms with Gasteiger partial charge < -0.3 is 24.8 Å². The lowest BCUT2D eigenvalue weighted by Gasteiger charge is -2.20. The van der Waals surface area contributed by atoms with E-state index in [0.29, 0.717) is 24.7 Å². The molecule has 0 radical (unpaired) electrons. The maximum atomic E-state index is 11.8. The number of hydrogen-bond donors (Lipinski definition) is 2. The highest BCUT2D eigenvalue weighted by Gasteiger charge is 2.15. The average molecular weight is 324 g/mol. The minimum atomic E-state index is -0.276. The SMILES string of the molecule is COCCNCc1ccc(OCC(=O)NC(C)(C)C)c(OC)c1. The van der Waals surface area contributed by atoms with Crippen molar-refractivity contribution in [3.63, 3.8) is 0 Å². The lowest BCUT2D eigenvalue weighted by atomic mass is 10.1. The van der Waals surface area contributed by atoms with E-state index >= 15 is 0 Å². The Bertz CT molecular complexity index is 498. The van der Waals surface area contributed by atoms with E-state index in [4.69, 9.17) is 14.2 Å². The molecule has 0 atom stereocenters.